The van der Waals surface area contributed by atoms with Gasteiger partial charge in [-0.25, -0.2) is 0 Å². The van der Waals surface area contributed by atoms with Crippen molar-refractivity contribution in [3.63, 3.8) is 0 Å². The fraction of sp³-hybridized carbons (Fsp3) is 0. The Balaban J connectivity index is 2.58. The summed E-state index contributed by atoms with van der Waals surface area (Å²) in [4.78, 5) is 23.6. The molecule has 0 bridgehead atoms. The van der Waals surface area contributed by atoms with Crippen LogP contribution in [0.5, 0.6) is 0 Å². The summed E-state index contributed by atoms with van der Waals surface area (Å²) in [6.45, 7) is 0. The van der Waals surface area contributed by atoms with Gasteiger partial charge in [0, 0.05) is 11.3 Å². The summed E-state index contributed by atoms with van der Waals surface area (Å²) in [7, 11) is 0. The van der Waals surface area contributed by atoms with Crippen molar-refractivity contribution in [1.29, 1.82) is 0 Å². The molecule has 0 saturated heterocycles. The van der Waals surface area contributed by atoms with Crippen LogP contribution in [0.25, 0.3) is 0 Å². The van der Waals surface area contributed by atoms with Crippen molar-refractivity contribution in [2.45, 2.75) is 0 Å². The van der Waals surface area contributed by atoms with Gasteiger partial charge in [0.25, 0.3) is 0 Å². The van der Waals surface area contributed by atoms with E-state index in [4.69, 9.17) is 11.5 Å². The summed E-state index contributed by atoms with van der Waals surface area (Å²) in [6.07, 6.45) is 0. The zero-order chi connectivity index (χ0) is 13.1. The second-order valence-corrected chi connectivity index (χ2v) is 3.83. The quantitative estimate of drug-likeness (QED) is 0.631. The number of ketones is 1. The van der Waals surface area contributed by atoms with Crippen molar-refractivity contribution in [2.24, 2.45) is 5.73 Å². The Morgan fingerprint density at radius 2 is 1.56 bits per heavy atom. The van der Waals surface area contributed by atoms with Crippen LogP contribution >= 0.6 is 0 Å². The summed E-state index contributed by atoms with van der Waals surface area (Å²) >= 11 is 0. The van der Waals surface area contributed by atoms with Gasteiger partial charge in [-0.15, -0.1) is 0 Å². The number of rotatable bonds is 3. The third-order valence-electron chi connectivity index (χ3n) is 2.63. The van der Waals surface area contributed by atoms with E-state index in [1.165, 1.54) is 6.07 Å². The molecule has 0 saturated carbocycles. The predicted molar refractivity (Wildman–Crippen MR) is 69.2 cm³/mol. The highest BCUT2D eigenvalue weighted by Gasteiger charge is 2.19. The maximum absolute atomic E-state index is 12.3. The summed E-state index contributed by atoms with van der Waals surface area (Å²) in [6, 6.07) is 13.3. The first-order valence-electron chi connectivity index (χ1n) is 5.39. The number of primary amides is 1. The van der Waals surface area contributed by atoms with E-state index in [2.05, 4.69) is 0 Å². The third kappa shape index (κ3) is 2.08. The van der Waals surface area contributed by atoms with Gasteiger partial charge in [0.1, 0.15) is 0 Å². The maximum atomic E-state index is 12.3. The Labute approximate surface area is 104 Å². The van der Waals surface area contributed by atoms with Crippen molar-refractivity contribution >= 4 is 17.4 Å². The minimum atomic E-state index is -0.665. The Kier molecular flexibility index (Phi) is 3.10. The molecular weight excluding hydrogens is 228 g/mol. The highest BCUT2D eigenvalue weighted by atomic mass is 16.1. The van der Waals surface area contributed by atoms with Gasteiger partial charge in [0.2, 0.25) is 5.91 Å². The lowest BCUT2D eigenvalue weighted by Gasteiger charge is -2.08. The lowest BCUT2D eigenvalue weighted by atomic mass is 9.96. The van der Waals surface area contributed by atoms with Crippen LogP contribution in [-0.4, -0.2) is 11.7 Å². The fourth-order valence-electron chi connectivity index (χ4n) is 1.76. The number of benzene rings is 2. The van der Waals surface area contributed by atoms with Crippen LogP contribution in [0.1, 0.15) is 26.3 Å². The van der Waals surface area contributed by atoms with Gasteiger partial charge in [0.05, 0.1) is 11.1 Å². The Hall–Kier alpha value is -2.62. The van der Waals surface area contributed by atoms with Crippen LogP contribution in [0.4, 0.5) is 5.69 Å². The van der Waals surface area contributed by atoms with E-state index >= 15 is 0 Å². The second kappa shape index (κ2) is 4.71. The van der Waals surface area contributed by atoms with E-state index in [1.807, 2.05) is 0 Å². The normalized spacial score (nSPS) is 10.0. The largest absolute Gasteiger partial charge is 0.398 e. The Bertz CT molecular complexity index is 606. The van der Waals surface area contributed by atoms with E-state index in [0.717, 1.165) is 0 Å². The number of carbonyl (C=O) groups excluding carboxylic acids is 2. The van der Waals surface area contributed by atoms with Crippen LogP contribution in [0.3, 0.4) is 0 Å². The summed E-state index contributed by atoms with van der Waals surface area (Å²) in [5, 5.41) is 0. The molecular formula is C14H12N2O2. The molecule has 1 amide bonds. The number of nitrogens with two attached hydrogens (primary N) is 2. The first kappa shape index (κ1) is 11.9. The molecule has 0 radical (unpaired) electrons. The van der Waals surface area contributed by atoms with Gasteiger partial charge in [-0.2, -0.15) is 0 Å². The Morgan fingerprint density at radius 3 is 2.17 bits per heavy atom. The zero-order valence-electron chi connectivity index (χ0n) is 9.59. The van der Waals surface area contributed by atoms with Crippen LogP contribution in [0.15, 0.2) is 48.5 Å². The smallest absolute Gasteiger partial charge is 0.249 e. The Morgan fingerprint density at radius 1 is 0.889 bits per heavy atom. The molecule has 0 spiro atoms. The minimum Gasteiger partial charge on any atom is -0.398 e. The highest BCUT2D eigenvalue weighted by Crippen LogP contribution is 2.20. The molecule has 0 aromatic heterocycles. The minimum absolute atomic E-state index is 0.142. The summed E-state index contributed by atoms with van der Waals surface area (Å²) < 4.78 is 0. The van der Waals surface area contributed by atoms with Gasteiger partial charge in [-0.1, -0.05) is 36.4 Å². The third-order valence-corrected chi connectivity index (χ3v) is 2.63. The van der Waals surface area contributed by atoms with Crippen molar-refractivity contribution in [2.75, 3.05) is 5.73 Å². The number of anilines is 1. The first-order valence-corrected chi connectivity index (χ1v) is 5.39. The number of carbonyl (C=O) groups is 2. The predicted octanol–water partition coefficient (Wildman–Crippen LogP) is 1.60. The van der Waals surface area contributed by atoms with Crippen molar-refractivity contribution in [3.8, 4) is 0 Å². The molecule has 4 N–H and O–H groups in total. The SMILES string of the molecule is NC(=O)c1cccc(N)c1C(=O)c1ccccc1. The average Bonchev–Trinajstić information content (AvgIpc) is 2.38. The van der Waals surface area contributed by atoms with Gasteiger partial charge in [-0.05, 0) is 12.1 Å². The van der Waals surface area contributed by atoms with E-state index in [-0.39, 0.29) is 22.6 Å². The molecule has 0 aliphatic heterocycles. The zero-order valence-corrected chi connectivity index (χ0v) is 9.59. The monoisotopic (exact) mass is 240 g/mol. The van der Waals surface area contributed by atoms with Crippen LogP contribution in [0, 0.1) is 0 Å². The molecule has 0 aliphatic carbocycles. The van der Waals surface area contributed by atoms with Crippen LogP contribution in [-0.2, 0) is 0 Å². The molecule has 90 valence electrons. The van der Waals surface area contributed by atoms with Gasteiger partial charge in [-0.3, -0.25) is 9.59 Å². The topological polar surface area (TPSA) is 86.2 Å². The molecule has 4 heteroatoms. The molecule has 2 rings (SSSR count). The fourth-order valence-corrected chi connectivity index (χ4v) is 1.76. The first-order chi connectivity index (χ1) is 8.61. The van der Waals surface area contributed by atoms with Crippen molar-refractivity contribution in [3.05, 3.63) is 65.2 Å². The van der Waals surface area contributed by atoms with Gasteiger partial charge >= 0.3 is 0 Å². The number of hydrogen-bond acceptors (Lipinski definition) is 3. The molecule has 2 aromatic carbocycles. The standard InChI is InChI=1S/C14H12N2O2/c15-11-8-4-7-10(14(16)18)12(11)13(17)9-5-2-1-3-6-9/h1-8H,15H2,(H2,16,18). The molecule has 0 fully saturated rings. The van der Waals surface area contributed by atoms with E-state index in [0.29, 0.717) is 5.56 Å². The van der Waals surface area contributed by atoms with E-state index < -0.39 is 5.91 Å². The molecule has 0 unspecified atom stereocenters. The molecule has 0 aliphatic rings. The lowest BCUT2D eigenvalue weighted by molar-refractivity contribution is 0.0981. The number of nitrogen functional groups attached to an aromatic ring is 1. The molecule has 0 atom stereocenters. The van der Waals surface area contributed by atoms with Crippen LogP contribution in [0.2, 0.25) is 0 Å². The maximum Gasteiger partial charge on any atom is 0.249 e. The number of hydrogen-bond donors (Lipinski definition) is 2. The average molecular weight is 240 g/mol. The highest BCUT2D eigenvalue weighted by molar-refractivity contribution is 6.17. The van der Waals surface area contributed by atoms with Crippen molar-refractivity contribution < 1.29 is 9.59 Å². The van der Waals surface area contributed by atoms with Crippen LogP contribution < -0.4 is 11.5 Å². The molecule has 4 nitrogen and oxygen atoms in total. The second-order valence-electron chi connectivity index (χ2n) is 3.83. The number of amides is 1. The molecule has 0 heterocycles. The van der Waals surface area contributed by atoms with E-state index in [9.17, 15) is 9.59 Å². The lowest BCUT2D eigenvalue weighted by Crippen LogP contribution is -2.18. The summed E-state index contributed by atoms with van der Waals surface area (Å²) in [5.41, 5.74) is 12.0. The molecule has 18 heavy (non-hydrogen) atoms. The van der Waals surface area contributed by atoms with Crippen molar-refractivity contribution in [1.82, 2.24) is 0 Å². The molecule has 2 aromatic rings. The van der Waals surface area contributed by atoms with Gasteiger partial charge < -0.3 is 11.5 Å². The summed E-state index contributed by atoms with van der Waals surface area (Å²) in [5.74, 6) is -0.968. The van der Waals surface area contributed by atoms with Gasteiger partial charge in [0.15, 0.2) is 5.78 Å². The van der Waals surface area contributed by atoms with E-state index in [1.54, 1.807) is 42.5 Å².